The number of nitrogens with two attached hydrogens (primary N) is 1. The van der Waals surface area contributed by atoms with E-state index >= 15 is 0 Å². The van der Waals surface area contributed by atoms with Crippen LogP contribution in [-0.2, 0) is 4.74 Å². The molecular weight excluding hydrogens is 126 g/mol. The minimum atomic E-state index is 0.454. The van der Waals surface area contributed by atoms with Crippen molar-refractivity contribution in [3.63, 3.8) is 0 Å². The standard InChI is InChI=1S/C8H15NO/c1-5-2-3-8(10-5)6-4-7(6)9/h5-8H,2-4,9H2,1H3. The van der Waals surface area contributed by atoms with Gasteiger partial charge in [-0.3, -0.25) is 0 Å². The predicted molar refractivity (Wildman–Crippen MR) is 39.7 cm³/mol. The van der Waals surface area contributed by atoms with Crippen LogP contribution in [0.15, 0.2) is 0 Å². The summed E-state index contributed by atoms with van der Waals surface area (Å²) in [5.74, 6) is 0.699. The highest BCUT2D eigenvalue weighted by atomic mass is 16.5. The summed E-state index contributed by atoms with van der Waals surface area (Å²) in [5.41, 5.74) is 5.71. The SMILES string of the molecule is CC1CCC(C2CC2N)O1. The smallest absolute Gasteiger partial charge is 0.0623 e. The number of rotatable bonds is 1. The van der Waals surface area contributed by atoms with Gasteiger partial charge in [-0.2, -0.15) is 0 Å². The number of hydrogen-bond donors (Lipinski definition) is 1. The highest BCUT2D eigenvalue weighted by molar-refractivity contribution is 4.97. The van der Waals surface area contributed by atoms with Gasteiger partial charge in [-0.15, -0.1) is 0 Å². The Morgan fingerprint density at radius 3 is 2.50 bits per heavy atom. The van der Waals surface area contributed by atoms with Crippen LogP contribution in [0.3, 0.4) is 0 Å². The first-order valence-electron chi connectivity index (χ1n) is 4.18. The fraction of sp³-hybridized carbons (Fsp3) is 1.00. The molecule has 58 valence electrons. The van der Waals surface area contributed by atoms with Crippen LogP contribution in [0.5, 0.6) is 0 Å². The van der Waals surface area contributed by atoms with E-state index in [9.17, 15) is 0 Å². The second-order valence-electron chi connectivity index (χ2n) is 3.63. The molecule has 0 aromatic heterocycles. The van der Waals surface area contributed by atoms with E-state index in [1.807, 2.05) is 0 Å². The molecule has 1 heterocycles. The van der Waals surface area contributed by atoms with Crippen LogP contribution in [0.4, 0.5) is 0 Å². The van der Waals surface area contributed by atoms with Gasteiger partial charge in [-0.05, 0) is 26.2 Å². The fourth-order valence-corrected chi connectivity index (χ4v) is 1.81. The van der Waals surface area contributed by atoms with Gasteiger partial charge in [0, 0.05) is 12.0 Å². The Morgan fingerprint density at radius 1 is 1.40 bits per heavy atom. The third kappa shape index (κ3) is 1.06. The highest BCUT2D eigenvalue weighted by Gasteiger charge is 2.43. The first kappa shape index (κ1) is 6.62. The third-order valence-corrected chi connectivity index (χ3v) is 2.63. The quantitative estimate of drug-likeness (QED) is 0.589. The Labute approximate surface area is 61.7 Å². The summed E-state index contributed by atoms with van der Waals surface area (Å²) in [6, 6.07) is 0.454. The van der Waals surface area contributed by atoms with Crippen LogP contribution >= 0.6 is 0 Å². The van der Waals surface area contributed by atoms with Gasteiger partial charge in [0.15, 0.2) is 0 Å². The third-order valence-electron chi connectivity index (χ3n) is 2.63. The molecule has 0 amide bonds. The van der Waals surface area contributed by atoms with Gasteiger partial charge in [0.2, 0.25) is 0 Å². The Morgan fingerprint density at radius 2 is 2.10 bits per heavy atom. The maximum absolute atomic E-state index is 5.71. The van der Waals surface area contributed by atoms with E-state index < -0.39 is 0 Å². The van der Waals surface area contributed by atoms with Crippen LogP contribution < -0.4 is 5.73 Å². The van der Waals surface area contributed by atoms with Gasteiger partial charge in [0.05, 0.1) is 12.2 Å². The second-order valence-corrected chi connectivity index (χ2v) is 3.63. The molecule has 2 aliphatic rings. The fourth-order valence-electron chi connectivity index (χ4n) is 1.81. The molecule has 2 N–H and O–H groups in total. The van der Waals surface area contributed by atoms with Gasteiger partial charge < -0.3 is 10.5 Å². The van der Waals surface area contributed by atoms with Crippen molar-refractivity contribution in [1.29, 1.82) is 0 Å². The van der Waals surface area contributed by atoms with E-state index in [2.05, 4.69) is 6.92 Å². The average molecular weight is 141 g/mol. The highest BCUT2D eigenvalue weighted by Crippen LogP contribution is 2.39. The van der Waals surface area contributed by atoms with Crippen LogP contribution in [-0.4, -0.2) is 18.2 Å². The lowest BCUT2D eigenvalue weighted by atomic mass is 10.1. The summed E-state index contributed by atoms with van der Waals surface area (Å²) >= 11 is 0. The van der Waals surface area contributed by atoms with Crippen LogP contribution in [0.25, 0.3) is 0 Å². The van der Waals surface area contributed by atoms with Crippen molar-refractivity contribution < 1.29 is 4.74 Å². The van der Waals surface area contributed by atoms with Crippen molar-refractivity contribution in [1.82, 2.24) is 0 Å². The number of ether oxygens (including phenoxy) is 1. The zero-order valence-corrected chi connectivity index (χ0v) is 6.42. The summed E-state index contributed by atoms with van der Waals surface area (Å²) in [6.07, 6.45) is 4.65. The van der Waals surface area contributed by atoms with Crippen LogP contribution in [0.1, 0.15) is 26.2 Å². The van der Waals surface area contributed by atoms with Crippen molar-refractivity contribution in [2.45, 2.75) is 44.4 Å². The van der Waals surface area contributed by atoms with Crippen molar-refractivity contribution in [2.75, 3.05) is 0 Å². The molecular formula is C8H15NO. The van der Waals surface area contributed by atoms with Gasteiger partial charge >= 0.3 is 0 Å². The van der Waals surface area contributed by atoms with Crippen molar-refractivity contribution >= 4 is 0 Å². The molecule has 1 saturated carbocycles. The first-order valence-corrected chi connectivity index (χ1v) is 4.18. The lowest BCUT2D eigenvalue weighted by molar-refractivity contribution is 0.0419. The normalized spacial score (nSPS) is 53.4. The Kier molecular flexibility index (Phi) is 1.46. The maximum atomic E-state index is 5.71. The first-order chi connectivity index (χ1) is 4.77. The topological polar surface area (TPSA) is 35.2 Å². The molecule has 4 atom stereocenters. The lowest BCUT2D eigenvalue weighted by Crippen LogP contribution is -2.16. The van der Waals surface area contributed by atoms with Crippen molar-refractivity contribution in [3.05, 3.63) is 0 Å². The summed E-state index contributed by atoms with van der Waals surface area (Å²) in [5, 5.41) is 0. The molecule has 1 aliphatic carbocycles. The van der Waals surface area contributed by atoms with E-state index in [4.69, 9.17) is 10.5 Å². The second kappa shape index (κ2) is 2.21. The molecule has 1 aliphatic heterocycles. The molecule has 10 heavy (non-hydrogen) atoms. The molecule has 0 aromatic rings. The predicted octanol–water partition coefficient (Wildman–Crippen LogP) is 0.901. The summed E-state index contributed by atoms with van der Waals surface area (Å²) in [6.45, 7) is 2.15. The van der Waals surface area contributed by atoms with Crippen molar-refractivity contribution in [2.24, 2.45) is 11.7 Å². The summed E-state index contributed by atoms with van der Waals surface area (Å²) in [4.78, 5) is 0. The van der Waals surface area contributed by atoms with Crippen LogP contribution in [0.2, 0.25) is 0 Å². The molecule has 0 bridgehead atoms. The number of hydrogen-bond acceptors (Lipinski definition) is 2. The summed E-state index contributed by atoms with van der Waals surface area (Å²) < 4.78 is 5.68. The molecule has 2 nitrogen and oxygen atoms in total. The monoisotopic (exact) mass is 141 g/mol. The van der Waals surface area contributed by atoms with E-state index in [-0.39, 0.29) is 0 Å². The molecule has 1 saturated heterocycles. The van der Waals surface area contributed by atoms with Gasteiger partial charge in [0.25, 0.3) is 0 Å². The Hall–Kier alpha value is -0.0800. The Bertz CT molecular complexity index is 137. The molecule has 2 rings (SSSR count). The van der Waals surface area contributed by atoms with Gasteiger partial charge in [-0.1, -0.05) is 0 Å². The zero-order chi connectivity index (χ0) is 7.14. The molecule has 0 radical (unpaired) electrons. The van der Waals surface area contributed by atoms with Crippen molar-refractivity contribution in [3.8, 4) is 0 Å². The molecule has 2 heteroatoms. The molecule has 0 aromatic carbocycles. The minimum absolute atomic E-state index is 0.454. The van der Waals surface area contributed by atoms with E-state index in [1.165, 1.54) is 19.3 Å². The zero-order valence-electron chi connectivity index (χ0n) is 6.42. The van der Waals surface area contributed by atoms with Gasteiger partial charge in [-0.25, -0.2) is 0 Å². The van der Waals surface area contributed by atoms with Crippen LogP contribution in [0, 0.1) is 5.92 Å². The minimum Gasteiger partial charge on any atom is -0.375 e. The van der Waals surface area contributed by atoms with E-state index in [0.717, 1.165) is 0 Å². The maximum Gasteiger partial charge on any atom is 0.0623 e. The lowest BCUT2D eigenvalue weighted by Gasteiger charge is -2.08. The summed E-state index contributed by atoms with van der Waals surface area (Å²) in [7, 11) is 0. The molecule has 4 unspecified atom stereocenters. The molecule has 0 spiro atoms. The largest absolute Gasteiger partial charge is 0.375 e. The Balaban J connectivity index is 1.85. The van der Waals surface area contributed by atoms with Gasteiger partial charge in [0.1, 0.15) is 0 Å². The van der Waals surface area contributed by atoms with E-state index in [1.54, 1.807) is 0 Å². The van der Waals surface area contributed by atoms with E-state index in [0.29, 0.717) is 24.2 Å². The molecule has 2 fully saturated rings. The average Bonchev–Trinajstić information content (AvgIpc) is 2.42.